The summed E-state index contributed by atoms with van der Waals surface area (Å²) in [6.45, 7) is 2.50. The molecule has 0 radical (unpaired) electrons. The van der Waals surface area contributed by atoms with E-state index in [1.54, 1.807) is 4.90 Å². The predicted octanol–water partition coefficient (Wildman–Crippen LogP) is 4.74. The van der Waals surface area contributed by atoms with Crippen LogP contribution in [0.2, 0.25) is 0 Å². The van der Waals surface area contributed by atoms with Crippen molar-refractivity contribution < 1.29 is 21.9 Å². The van der Waals surface area contributed by atoms with Crippen LogP contribution in [0.3, 0.4) is 0 Å². The van der Waals surface area contributed by atoms with Crippen molar-refractivity contribution in [2.45, 2.75) is 19.9 Å². The third-order valence-electron chi connectivity index (χ3n) is 4.22. The number of amidine groups is 1. The third-order valence-corrected chi connectivity index (χ3v) is 5.17. The maximum Gasteiger partial charge on any atom is 2.00 e. The molecule has 1 aromatic rings. The molecule has 0 N–H and O–H groups in total. The first-order valence-electron chi connectivity index (χ1n) is 9.00. The Morgan fingerprint density at radius 2 is 1.79 bits per heavy atom. The molecule has 0 saturated carbocycles. The van der Waals surface area contributed by atoms with Gasteiger partial charge in [0.15, 0.2) is 5.17 Å². The summed E-state index contributed by atoms with van der Waals surface area (Å²) in [7, 11) is 0. The molecular formula is C22H23FeN3OS+2. The fraction of sp³-hybridized carbons (Fsp3) is 0.227. The van der Waals surface area contributed by atoms with Crippen LogP contribution in [0, 0.1) is 5.92 Å². The summed E-state index contributed by atoms with van der Waals surface area (Å²) in [5.74, 6) is 0.735. The van der Waals surface area contributed by atoms with Crippen molar-refractivity contribution in [1.82, 2.24) is 4.90 Å². The largest absolute Gasteiger partial charge is 2.00 e. The average molecular weight is 433 g/mol. The molecule has 4 rings (SSSR count). The second-order valence-electron chi connectivity index (χ2n) is 6.27. The standard InChI is InChI=1S/C17H17N3OS.C5H6.Fe/c1-13(15-9-5-6-10-15)18-19-17-20(16(21)12-22-17)11-14-7-3-2-4-8-14;1-2-4-5-3-1;/h2-10,15H,11-12H2,1H3;1-4H,5H2;/q;;+2/b18-13+,19-17+;;. The zero-order valence-electron chi connectivity index (χ0n) is 15.7. The van der Waals surface area contributed by atoms with Crippen molar-refractivity contribution >= 4 is 28.5 Å². The molecule has 0 unspecified atom stereocenters. The molecular weight excluding hydrogens is 410 g/mol. The Morgan fingerprint density at radius 1 is 1.11 bits per heavy atom. The SMILES string of the molecule is C/C(=N\N=C1\SCC(=O)N1Cc1ccccc1)C1C=CC=C1.C1=CCC=C1.[Fe+2]. The maximum absolute atomic E-state index is 12.0. The van der Waals surface area contributed by atoms with Crippen molar-refractivity contribution in [3.8, 4) is 0 Å². The summed E-state index contributed by atoms with van der Waals surface area (Å²) in [6, 6.07) is 9.93. The number of rotatable bonds is 4. The van der Waals surface area contributed by atoms with Gasteiger partial charge < -0.3 is 0 Å². The summed E-state index contributed by atoms with van der Waals surface area (Å²) in [5.41, 5.74) is 2.02. The monoisotopic (exact) mass is 433 g/mol. The van der Waals surface area contributed by atoms with Gasteiger partial charge in [0, 0.05) is 11.6 Å². The fourth-order valence-electron chi connectivity index (χ4n) is 2.68. The number of allylic oxidation sites excluding steroid dienone is 8. The molecule has 6 heteroatoms. The van der Waals surface area contributed by atoms with Gasteiger partial charge in [-0.3, -0.25) is 9.69 Å². The zero-order valence-corrected chi connectivity index (χ0v) is 17.6. The predicted molar refractivity (Wildman–Crippen MR) is 115 cm³/mol. The molecule has 1 aromatic carbocycles. The Hall–Kier alpha value is -2.14. The van der Waals surface area contributed by atoms with E-state index >= 15 is 0 Å². The van der Waals surface area contributed by atoms with E-state index < -0.39 is 0 Å². The number of benzene rings is 1. The third kappa shape index (κ3) is 6.48. The van der Waals surface area contributed by atoms with Crippen molar-refractivity contribution in [1.29, 1.82) is 0 Å². The minimum Gasteiger partial charge on any atom is -0.285 e. The van der Waals surface area contributed by atoms with Gasteiger partial charge in [0.25, 0.3) is 0 Å². The summed E-state index contributed by atoms with van der Waals surface area (Å²) < 4.78 is 0. The van der Waals surface area contributed by atoms with Gasteiger partial charge in [0.1, 0.15) is 0 Å². The van der Waals surface area contributed by atoms with Crippen molar-refractivity contribution in [2.75, 3.05) is 5.75 Å². The van der Waals surface area contributed by atoms with Crippen molar-refractivity contribution in [3.63, 3.8) is 0 Å². The van der Waals surface area contributed by atoms with E-state index in [9.17, 15) is 4.79 Å². The Kier molecular flexibility index (Phi) is 9.21. The molecule has 4 nitrogen and oxygen atoms in total. The summed E-state index contributed by atoms with van der Waals surface area (Å²) in [5, 5.41) is 9.28. The Labute approximate surface area is 181 Å². The zero-order chi connectivity index (χ0) is 18.9. The molecule has 0 aromatic heterocycles. The van der Waals surface area contributed by atoms with E-state index in [2.05, 4.69) is 46.7 Å². The van der Waals surface area contributed by atoms with E-state index in [-0.39, 0.29) is 28.9 Å². The smallest absolute Gasteiger partial charge is 0.285 e. The van der Waals surface area contributed by atoms with E-state index in [1.165, 1.54) is 11.8 Å². The van der Waals surface area contributed by atoms with Crippen molar-refractivity contribution in [2.24, 2.45) is 16.1 Å². The number of carbonyl (C=O) groups excluding carboxylic acids is 1. The van der Waals surface area contributed by atoms with Gasteiger partial charge in [-0.15, -0.1) is 5.10 Å². The fourth-order valence-corrected chi connectivity index (χ4v) is 3.51. The first kappa shape index (κ1) is 22.2. The quantitative estimate of drug-likeness (QED) is 0.391. The van der Waals surface area contributed by atoms with Gasteiger partial charge >= 0.3 is 17.1 Å². The van der Waals surface area contributed by atoms with Crippen LogP contribution in [0.1, 0.15) is 18.9 Å². The van der Waals surface area contributed by atoms with Crippen LogP contribution in [-0.2, 0) is 28.4 Å². The first-order valence-corrected chi connectivity index (χ1v) is 9.98. The summed E-state index contributed by atoms with van der Waals surface area (Å²) in [4.78, 5) is 13.7. The molecule has 1 saturated heterocycles. The van der Waals surface area contributed by atoms with E-state index in [1.807, 2.05) is 49.4 Å². The molecule has 1 fully saturated rings. The van der Waals surface area contributed by atoms with E-state index in [0.717, 1.165) is 17.7 Å². The van der Waals surface area contributed by atoms with Gasteiger partial charge in [0.2, 0.25) is 5.91 Å². The number of carbonyl (C=O) groups is 1. The number of hydrogen-bond donors (Lipinski definition) is 0. The number of nitrogens with zero attached hydrogens (tertiary/aromatic N) is 3. The molecule has 1 heterocycles. The van der Waals surface area contributed by atoms with Gasteiger partial charge in [0.05, 0.1) is 12.3 Å². The van der Waals surface area contributed by atoms with Crippen molar-refractivity contribution in [3.05, 3.63) is 84.5 Å². The van der Waals surface area contributed by atoms with Crippen LogP contribution in [-0.4, -0.2) is 27.4 Å². The van der Waals surface area contributed by atoms with Gasteiger partial charge in [-0.05, 0) is 18.9 Å². The molecule has 3 aliphatic rings. The van der Waals surface area contributed by atoms with Crippen LogP contribution < -0.4 is 0 Å². The normalized spacial score (nSPS) is 19.3. The molecule has 2 aliphatic carbocycles. The molecule has 1 aliphatic heterocycles. The second kappa shape index (κ2) is 11.6. The van der Waals surface area contributed by atoms with Crippen LogP contribution in [0.25, 0.3) is 0 Å². The van der Waals surface area contributed by atoms with Crippen LogP contribution in [0.4, 0.5) is 0 Å². The minimum atomic E-state index is 0. The van der Waals surface area contributed by atoms with E-state index in [0.29, 0.717) is 17.5 Å². The van der Waals surface area contributed by atoms with Gasteiger partial charge in [-0.1, -0.05) is 90.7 Å². The van der Waals surface area contributed by atoms with Crippen LogP contribution >= 0.6 is 11.8 Å². The molecule has 0 bridgehead atoms. The first-order chi connectivity index (χ1) is 13.2. The summed E-state index contributed by atoms with van der Waals surface area (Å²) >= 11 is 1.45. The molecule has 144 valence electrons. The minimum absolute atomic E-state index is 0. The second-order valence-corrected chi connectivity index (χ2v) is 7.21. The Bertz CT molecular complexity index is 819. The topological polar surface area (TPSA) is 45.0 Å². The summed E-state index contributed by atoms with van der Waals surface area (Å²) in [6.07, 6.45) is 17.7. The number of amides is 1. The van der Waals surface area contributed by atoms with E-state index in [4.69, 9.17) is 0 Å². The number of thioether (sulfide) groups is 1. The molecule has 1 amide bonds. The molecule has 0 atom stereocenters. The maximum atomic E-state index is 12.0. The van der Waals surface area contributed by atoms with Crippen LogP contribution in [0.15, 0.2) is 89.1 Å². The molecule has 0 spiro atoms. The number of hydrogen-bond acceptors (Lipinski definition) is 4. The van der Waals surface area contributed by atoms with Gasteiger partial charge in [-0.2, -0.15) is 5.10 Å². The van der Waals surface area contributed by atoms with Crippen LogP contribution in [0.5, 0.6) is 0 Å². The van der Waals surface area contributed by atoms with Gasteiger partial charge in [-0.25, -0.2) is 0 Å². The Morgan fingerprint density at radius 3 is 2.39 bits per heavy atom. The Balaban J connectivity index is 0.000000408. The average Bonchev–Trinajstić information content (AvgIpc) is 3.47. The molecule has 28 heavy (non-hydrogen) atoms.